The van der Waals surface area contributed by atoms with Crippen LogP contribution in [0, 0.1) is 0 Å². The topological polar surface area (TPSA) is 55.3 Å². The summed E-state index contributed by atoms with van der Waals surface area (Å²) in [5.74, 6) is 0.821. The van der Waals surface area contributed by atoms with E-state index in [0.717, 1.165) is 40.0 Å². The highest BCUT2D eigenvalue weighted by Gasteiger charge is 2.19. The summed E-state index contributed by atoms with van der Waals surface area (Å²) in [4.78, 5) is 23.7. The van der Waals surface area contributed by atoms with E-state index >= 15 is 0 Å². The molecule has 0 fully saturated rings. The molecule has 0 bridgehead atoms. The molecule has 0 N–H and O–H groups in total. The number of carbonyl (C=O) groups is 1. The van der Waals surface area contributed by atoms with Gasteiger partial charge in [-0.1, -0.05) is 36.4 Å². The quantitative estimate of drug-likeness (QED) is 0.510. The Labute approximate surface area is 175 Å². The van der Waals surface area contributed by atoms with E-state index in [-0.39, 0.29) is 5.91 Å². The van der Waals surface area contributed by atoms with E-state index < -0.39 is 0 Å². The summed E-state index contributed by atoms with van der Waals surface area (Å²) in [5.41, 5.74) is 5.32. The molecule has 0 atom stereocenters. The lowest BCUT2D eigenvalue weighted by molar-refractivity contribution is 0.0783. The Morgan fingerprint density at radius 2 is 1.93 bits per heavy atom. The Balaban J connectivity index is 1.34. The van der Waals surface area contributed by atoms with Crippen LogP contribution in [0.1, 0.15) is 21.6 Å². The SMILES string of the molecule is CN(Cc1ccc2ccccc2n1)C(=O)c1ccc(-c2cccc3c2OCC3)nc1. The van der Waals surface area contributed by atoms with Crippen LogP contribution in [-0.2, 0) is 13.0 Å². The van der Waals surface area contributed by atoms with Crippen LogP contribution >= 0.6 is 0 Å². The molecule has 30 heavy (non-hydrogen) atoms. The van der Waals surface area contributed by atoms with Crippen LogP contribution in [0.2, 0.25) is 0 Å². The molecule has 0 saturated heterocycles. The van der Waals surface area contributed by atoms with Gasteiger partial charge in [0, 0.05) is 30.6 Å². The van der Waals surface area contributed by atoms with Crippen molar-refractivity contribution in [2.75, 3.05) is 13.7 Å². The number of ether oxygens (including phenoxy) is 1. The smallest absolute Gasteiger partial charge is 0.255 e. The molecule has 5 heteroatoms. The lowest BCUT2D eigenvalue weighted by atomic mass is 10.0. The standard InChI is InChI=1S/C25H21N3O2/c1-28(16-20-11-9-17-5-2-3-8-22(17)27-20)25(29)19-10-12-23(26-15-19)21-7-4-6-18-13-14-30-24(18)21/h2-12,15H,13-14,16H2,1H3. The van der Waals surface area contributed by atoms with Gasteiger partial charge in [0.1, 0.15) is 5.75 Å². The van der Waals surface area contributed by atoms with E-state index in [9.17, 15) is 4.79 Å². The van der Waals surface area contributed by atoms with Gasteiger partial charge in [-0.15, -0.1) is 0 Å². The van der Waals surface area contributed by atoms with Gasteiger partial charge in [0.15, 0.2) is 0 Å². The van der Waals surface area contributed by atoms with Gasteiger partial charge in [0.05, 0.1) is 35.6 Å². The van der Waals surface area contributed by atoms with Crippen molar-refractivity contribution in [3.8, 4) is 17.0 Å². The highest BCUT2D eigenvalue weighted by atomic mass is 16.5. The Kier molecular flexibility index (Phi) is 4.64. The van der Waals surface area contributed by atoms with Crippen molar-refractivity contribution in [1.29, 1.82) is 0 Å². The second-order valence-corrected chi connectivity index (χ2v) is 7.48. The minimum atomic E-state index is -0.0847. The highest BCUT2D eigenvalue weighted by molar-refractivity contribution is 5.94. The third-order valence-electron chi connectivity index (χ3n) is 5.40. The van der Waals surface area contributed by atoms with Crippen molar-refractivity contribution >= 4 is 16.8 Å². The Morgan fingerprint density at radius 1 is 1.03 bits per heavy atom. The summed E-state index contributed by atoms with van der Waals surface area (Å²) in [6.45, 7) is 1.14. The van der Waals surface area contributed by atoms with Gasteiger partial charge in [0.25, 0.3) is 5.91 Å². The van der Waals surface area contributed by atoms with Gasteiger partial charge in [0.2, 0.25) is 0 Å². The third-order valence-corrected chi connectivity index (χ3v) is 5.40. The van der Waals surface area contributed by atoms with Crippen molar-refractivity contribution in [3.05, 3.63) is 89.7 Å². The number of pyridine rings is 2. The number of carbonyl (C=O) groups excluding carboxylic acids is 1. The van der Waals surface area contributed by atoms with E-state index in [1.54, 1.807) is 18.1 Å². The van der Waals surface area contributed by atoms with Crippen LogP contribution in [0.3, 0.4) is 0 Å². The summed E-state index contributed by atoms with van der Waals surface area (Å²) in [5, 5.41) is 1.09. The second kappa shape index (κ2) is 7.59. The molecule has 0 saturated carbocycles. The van der Waals surface area contributed by atoms with E-state index in [1.807, 2.05) is 60.7 Å². The Bertz CT molecular complexity index is 1230. The molecule has 5 rings (SSSR count). The number of rotatable bonds is 4. The number of hydrogen-bond donors (Lipinski definition) is 0. The van der Waals surface area contributed by atoms with Gasteiger partial charge in [-0.25, -0.2) is 0 Å². The summed E-state index contributed by atoms with van der Waals surface area (Å²) in [7, 11) is 1.78. The molecule has 3 heterocycles. The van der Waals surface area contributed by atoms with E-state index in [2.05, 4.69) is 16.0 Å². The molecule has 5 nitrogen and oxygen atoms in total. The van der Waals surface area contributed by atoms with Gasteiger partial charge in [-0.3, -0.25) is 14.8 Å². The lowest BCUT2D eigenvalue weighted by Gasteiger charge is -2.17. The zero-order chi connectivity index (χ0) is 20.5. The molecular weight excluding hydrogens is 374 g/mol. The number of nitrogens with zero attached hydrogens (tertiary/aromatic N) is 3. The third kappa shape index (κ3) is 3.39. The largest absolute Gasteiger partial charge is 0.492 e. The zero-order valence-electron chi connectivity index (χ0n) is 16.7. The fourth-order valence-corrected chi connectivity index (χ4v) is 3.83. The molecule has 1 aliphatic heterocycles. The molecule has 2 aromatic heterocycles. The predicted octanol–water partition coefficient (Wildman–Crippen LogP) is 4.50. The maximum Gasteiger partial charge on any atom is 0.255 e. The first-order chi connectivity index (χ1) is 14.7. The molecule has 2 aromatic carbocycles. The molecule has 1 aliphatic rings. The van der Waals surface area contributed by atoms with Crippen LogP contribution < -0.4 is 4.74 Å². The fraction of sp³-hybridized carbons (Fsp3) is 0.160. The molecule has 0 aliphatic carbocycles. The van der Waals surface area contributed by atoms with Gasteiger partial charge < -0.3 is 9.64 Å². The average Bonchev–Trinajstić information content (AvgIpc) is 3.28. The molecule has 0 spiro atoms. The zero-order valence-corrected chi connectivity index (χ0v) is 16.7. The van der Waals surface area contributed by atoms with E-state index in [4.69, 9.17) is 4.74 Å². The van der Waals surface area contributed by atoms with Gasteiger partial charge in [-0.05, 0) is 35.9 Å². The minimum absolute atomic E-state index is 0.0847. The van der Waals surface area contributed by atoms with Crippen LogP contribution in [0.4, 0.5) is 0 Å². The molecule has 148 valence electrons. The van der Waals surface area contributed by atoms with Crippen LogP contribution in [0.25, 0.3) is 22.2 Å². The first-order valence-corrected chi connectivity index (χ1v) is 10.0. The molecule has 4 aromatic rings. The normalized spacial score (nSPS) is 12.4. The molecule has 0 unspecified atom stereocenters. The highest BCUT2D eigenvalue weighted by Crippen LogP contribution is 2.35. The Hall–Kier alpha value is -3.73. The molecule has 0 radical (unpaired) electrons. The second-order valence-electron chi connectivity index (χ2n) is 7.48. The van der Waals surface area contributed by atoms with Gasteiger partial charge in [-0.2, -0.15) is 0 Å². The van der Waals surface area contributed by atoms with Crippen LogP contribution in [0.15, 0.2) is 72.9 Å². The Morgan fingerprint density at radius 3 is 2.80 bits per heavy atom. The summed E-state index contributed by atoms with van der Waals surface area (Å²) in [6.07, 6.45) is 2.56. The fourth-order valence-electron chi connectivity index (χ4n) is 3.83. The number of aromatic nitrogens is 2. The van der Waals surface area contributed by atoms with Crippen molar-refractivity contribution < 1.29 is 9.53 Å². The maximum absolute atomic E-state index is 12.9. The van der Waals surface area contributed by atoms with Crippen molar-refractivity contribution in [1.82, 2.24) is 14.9 Å². The number of amides is 1. The molecular formula is C25H21N3O2. The van der Waals surface area contributed by atoms with Crippen molar-refractivity contribution in [3.63, 3.8) is 0 Å². The average molecular weight is 395 g/mol. The molecule has 1 amide bonds. The number of hydrogen-bond acceptors (Lipinski definition) is 4. The van der Waals surface area contributed by atoms with E-state index in [1.165, 1.54) is 5.56 Å². The van der Waals surface area contributed by atoms with Crippen LogP contribution in [0.5, 0.6) is 5.75 Å². The predicted molar refractivity (Wildman–Crippen MR) is 116 cm³/mol. The van der Waals surface area contributed by atoms with Crippen molar-refractivity contribution in [2.24, 2.45) is 0 Å². The lowest BCUT2D eigenvalue weighted by Crippen LogP contribution is -2.26. The number of benzene rings is 2. The first kappa shape index (κ1) is 18.3. The van der Waals surface area contributed by atoms with Gasteiger partial charge >= 0.3 is 0 Å². The number of para-hydroxylation sites is 2. The summed E-state index contributed by atoms with van der Waals surface area (Å²) < 4.78 is 5.77. The first-order valence-electron chi connectivity index (χ1n) is 10.0. The van der Waals surface area contributed by atoms with Crippen LogP contribution in [-0.4, -0.2) is 34.4 Å². The number of fused-ring (bicyclic) bond motifs is 2. The monoisotopic (exact) mass is 395 g/mol. The summed E-state index contributed by atoms with van der Waals surface area (Å²) in [6, 6.07) is 21.8. The van der Waals surface area contributed by atoms with Crippen molar-refractivity contribution in [2.45, 2.75) is 13.0 Å². The minimum Gasteiger partial charge on any atom is -0.492 e. The van der Waals surface area contributed by atoms with E-state index in [0.29, 0.717) is 18.7 Å². The summed E-state index contributed by atoms with van der Waals surface area (Å²) >= 11 is 0. The maximum atomic E-state index is 12.9.